The molecule has 13 heteroatoms. The van der Waals surface area contributed by atoms with Gasteiger partial charge in [0.25, 0.3) is 11.8 Å². The Labute approximate surface area is 201 Å². The van der Waals surface area contributed by atoms with Crippen LogP contribution < -0.4 is 10.6 Å². The van der Waals surface area contributed by atoms with Gasteiger partial charge in [-0.25, -0.2) is 18.3 Å². The molecule has 0 saturated heterocycles. The standard InChI is InChI=1S/C23H17F2N9O2/c24-16-6-3-14(9-17(16)25)12-26-22(35)18-10-19(34-20(29-18)7-8-28-34)23(36)27-11-13-1-4-15(5-2-13)21-30-32-33-31-21/h1-10H,11-12H2,(H,26,35)(H,27,36)(H,30,31,32,33). The van der Waals surface area contributed by atoms with Crippen molar-refractivity contribution in [1.82, 2.24) is 45.9 Å². The van der Waals surface area contributed by atoms with Crippen LogP contribution in [0.15, 0.2) is 60.8 Å². The summed E-state index contributed by atoms with van der Waals surface area (Å²) in [4.78, 5) is 29.9. The molecular formula is C23H17F2N9O2. The average molecular weight is 489 g/mol. The van der Waals surface area contributed by atoms with Crippen LogP contribution in [-0.4, -0.2) is 47.0 Å². The van der Waals surface area contributed by atoms with Crippen molar-refractivity contribution in [2.45, 2.75) is 13.1 Å². The van der Waals surface area contributed by atoms with Crippen LogP contribution in [0.2, 0.25) is 0 Å². The lowest BCUT2D eigenvalue weighted by Crippen LogP contribution is -2.28. The van der Waals surface area contributed by atoms with Crippen LogP contribution in [0.4, 0.5) is 8.78 Å². The lowest BCUT2D eigenvalue weighted by atomic mass is 10.1. The summed E-state index contributed by atoms with van der Waals surface area (Å²) < 4.78 is 27.9. The summed E-state index contributed by atoms with van der Waals surface area (Å²) in [6.45, 7) is 0.164. The monoisotopic (exact) mass is 489 g/mol. The molecule has 0 aliphatic heterocycles. The molecule has 0 bridgehead atoms. The predicted molar refractivity (Wildman–Crippen MR) is 121 cm³/mol. The first-order valence-corrected chi connectivity index (χ1v) is 10.7. The average Bonchev–Trinajstić information content (AvgIpc) is 3.60. The second-order valence-corrected chi connectivity index (χ2v) is 7.67. The molecule has 3 heterocycles. The number of halogens is 2. The normalized spacial score (nSPS) is 10.9. The molecule has 2 amide bonds. The molecule has 0 aliphatic rings. The Balaban J connectivity index is 1.29. The van der Waals surface area contributed by atoms with Crippen LogP contribution in [0.5, 0.6) is 0 Å². The Kier molecular flexibility index (Phi) is 6.09. The van der Waals surface area contributed by atoms with Crippen LogP contribution in [0, 0.1) is 11.6 Å². The van der Waals surface area contributed by atoms with E-state index < -0.39 is 23.4 Å². The smallest absolute Gasteiger partial charge is 0.270 e. The highest BCUT2D eigenvalue weighted by Crippen LogP contribution is 2.14. The van der Waals surface area contributed by atoms with Gasteiger partial charge in [0.1, 0.15) is 11.4 Å². The number of rotatable bonds is 7. The van der Waals surface area contributed by atoms with Crippen LogP contribution in [0.25, 0.3) is 17.0 Å². The molecule has 36 heavy (non-hydrogen) atoms. The molecule has 11 nitrogen and oxygen atoms in total. The van der Waals surface area contributed by atoms with E-state index in [0.717, 1.165) is 23.3 Å². The fourth-order valence-corrected chi connectivity index (χ4v) is 3.44. The van der Waals surface area contributed by atoms with Crippen molar-refractivity contribution >= 4 is 17.5 Å². The van der Waals surface area contributed by atoms with E-state index in [1.54, 1.807) is 18.2 Å². The minimum Gasteiger partial charge on any atom is -0.347 e. The fourth-order valence-electron chi connectivity index (χ4n) is 3.44. The molecule has 0 unspecified atom stereocenters. The molecule has 5 aromatic rings. The van der Waals surface area contributed by atoms with Gasteiger partial charge in [-0.15, -0.1) is 10.2 Å². The zero-order valence-electron chi connectivity index (χ0n) is 18.4. The Hall–Kier alpha value is -5.07. The van der Waals surface area contributed by atoms with Crippen molar-refractivity contribution in [2.75, 3.05) is 0 Å². The Morgan fingerprint density at radius 1 is 0.889 bits per heavy atom. The van der Waals surface area contributed by atoms with Crippen LogP contribution in [0.1, 0.15) is 32.1 Å². The van der Waals surface area contributed by atoms with E-state index in [0.29, 0.717) is 17.0 Å². The molecule has 0 spiro atoms. The summed E-state index contributed by atoms with van der Waals surface area (Å²) in [6.07, 6.45) is 1.46. The summed E-state index contributed by atoms with van der Waals surface area (Å²) in [6, 6.07) is 13.5. The predicted octanol–water partition coefficient (Wildman–Crippen LogP) is 2.05. The van der Waals surface area contributed by atoms with Gasteiger partial charge in [-0.2, -0.15) is 10.3 Å². The van der Waals surface area contributed by atoms with Gasteiger partial charge in [0.2, 0.25) is 5.82 Å². The minimum absolute atomic E-state index is 0.0276. The van der Waals surface area contributed by atoms with Crippen molar-refractivity contribution in [1.29, 1.82) is 0 Å². The number of fused-ring (bicyclic) bond motifs is 1. The van der Waals surface area contributed by atoms with Gasteiger partial charge in [0, 0.05) is 30.8 Å². The number of carbonyl (C=O) groups is 2. The number of H-pyrrole nitrogens is 1. The van der Waals surface area contributed by atoms with E-state index in [1.165, 1.54) is 22.8 Å². The highest BCUT2D eigenvalue weighted by Gasteiger charge is 2.18. The zero-order chi connectivity index (χ0) is 25.1. The maximum absolute atomic E-state index is 13.4. The number of benzene rings is 2. The van der Waals surface area contributed by atoms with Crippen molar-refractivity contribution in [3.63, 3.8) is 0 Å². The summed E-state index contributed by atoms with van der Waals surface area (Å²) in [5.74, 6) is -2.59. The maximum atomic E-state index is 13.4. The number of aromatic nitrogens is 7. The fraction of sp³-hybridized carbons (Fsp3) is 0.0870. The number of amides is 2. The summed E-state index contributed by atoms with van der Waals surface area (Å²) >= 11 is 0. The highest BCUT2D eigenvalue weighted by molar-refractivity contribution is 5.98. The van der Waals surface area contributed by atoms with E-state index in [1.807, 2.05) is 12.1 Å². The molecule has 0 aliphatic carbocycles. The lowest BCUT2D eigenvalue weighted by Gasteiger charge is -2.10. The molecule has 2 aromatic carbocycles. The van der Waals surface area contributed by atoms with E-state index in [4.69, 9.17) is 0 Å². The van der Waals surface area contributed by atoms with Crippen molar-refractivity contribution in [3.8, 4) is 11.4 Å². The number of tetrazole rings is 1. The number of hydrogen-bond acceptors (Lipinski definition) is 7. The van der Waals surface area contributed by atoms with Gasteiger partial charge in [0.05, 0.1) is 6.20 Å². The summed E-state index contributed by atoms with van der Waals surface area (Å²) in [7, 11) is 0. The molecule has 3 N–H and O–H groups in total. The minimum atomic E-state index is -1.01. The Bertz CT molecular complexity index is 1550. The largest absolute Gasteiger partial charge is 0.347 e. The maximum Gasteiger partial charge on any atom is 0.270 e. The Morgan fingerprint density at radius 3 is 2.39 bits per heavy atom. The van der Waals surface area contributed by atoms with Gasteiger partial charge >= 0.3 is 0 Å². The SMILES string of the molecule is O=C(NCc1ccc(F)c(F)c1)c1cc(C(=O)NCc2ccc(-c3nn[nH]n3)cc2)n2nccc2n1. The first kappa shape index (κ1) is 22.7. The van der Waals surface area contributed by atoms with Gasteiger partial charge < -0.3 is 10.6 Å². The first-order chi connectivity index (χ1) is 17.5. The van der Waals surface area contributed by atoms with E-state index >= 15 is 0 Å². The number of nitrogens with one attached hydrogen (secondary N) is 3. The third kappa shape index (κ3) is 4.75. The first-order valence-electron chi connectivity index (χ1n) is 10.7. The van der Waals surface area contributed by atoms with Crippen molar-refractivity contribution < 1.29 is 18.4 Å². The molecule has 180 valence electrons. The van der Waals surface area contributed by atoms with Crippen LogP contribution in [0.3, 0.4) is 0 Å². The Morgan fingerprint density at radius 2 is 1.64 bits per heavy atom. The van der Waals surface area contributed by atoms with Gasteiger partial charge in [-0.3, -0.25) is 9.59 Å². The van der Waals surface area contributed by atoms with E-state index in [2.05, 4.69) is 41.3 Å². The molecule has 3 aromatic heterocycles. The quantitative estimate of drug-likeness (QED) is 0.318. The zero-order valence-corrected chi connectivity index (χ0v) is 18.4. The molecule has 0 atom stereocenters. The van der Waals surface area contributed by atoms with Crippen molar-refractivity contribution in [2.24, 2.45) is 0 Å². The van der Waals surface area contributed by atoms with Crippen molar-refractivity contribution in [3.05, 3.63) is 94.9 Å². The van der Waals surface area contributed by atoms with Crippen LogP contribution >= 0.6 is 0 Å². The number of aromatic amines is 1. The van der Waals surface area contributed by atoms with Gasteiger partial charge in [-0.1, -0.05) is 30.3 Å². The molecule has 0 saturated carbocycles. The molecule has 0 fully saturated rings. The molecular weight excluding hydrogens is 472 g/mol. The molecule has 5 rings (SSSR count). The third-order valence-electron chi connectivity index (χ3n) is 5.27. The highest BCUT2D eigenvalue weighted by atomic mass is 19.2. The topological polar surface area (TPSA) is 143 Å². The van der Waals surface area contributed by atoms with E-state index in [9.17, 15) is 18.4 Å². The van der Waals surface area contributed by atoms with Gasteiger partial charge in [-0.05, 0) is 28.5 Å². The lowest BCUT2D eigenvalue weighted by molar-refractivity contribution is 0.0942. The van der Waals surface area contributed by atoms with Gasteiger partial charge in [0.15, 0.2) is 17.3 Å². The number of carbonyl (C=O) groups excluding carboxylic acids is 2. The summed E-state index contributed by atoms with van der Waals surface area (Å²) in [5.41, 5.74) is 2.34. The molecule has 0 radical (unpaired) electrons. The number of nitrogens with zero attached hydrogens (tertiary/aromatic N) is 6. The van der Waals surface area contributed by atoms with E-state index in [-0.39, 0.29) is 24.5 Å². The second-order valence-electron chi connectivity index (χ2n) is 7.67. The van der Waals surface area contributed by atoms with Crippen LogP contribution in [-0.2, 0) is 13.1 Å². The second kappa shape index (κ2) is 9.66. The number of hydrogen-bond donors (Lipinski definition) is 3. The third-order valence-corrected chi connectivity index (χ3v) is 5.27. The summed E-state index contributed by atoms with van der Waals surface area (Å²) in [5, 5.41) is 23.2.